The number of thiazole rings is 1. The molecule has 4 heterocycles. The molecule has 0 bridgehead atoms. The Morgan fingerprint density at radius 2 is 1.88 bits per heavy atom. The van der Waals surface area contributed by atoms with E-state index in [0.717, 1.165) is 21.3 Å². The van der Waals surface area contributed by atoms with Crippen LogP contribution in [0.1, 0.15) is 45.0 Å². The zero-order valence-electron chi connectivity index (χ0n) is 21.9. The fraction of sp³-hybridized carbons (Fsp3) is 0.133. The maximum absolute atomic E-state index is 13.7. The summed E-state index contributed by atoms with van der Waals surface area (Å²) in [4.78, 5) is 36.1. The first-order valence-electron chi connectivity index (χ1n) is 12.9. The lowest BCUT2D eigenvalue weighted by atomic mass is 10.0. The monoisotopic (exact) mass is 582 g/mol. The summed E-state index contributed by atoms with van der Waals surface area (Å²) in [6.07, 6.45) is 0.815. The van der Waals surface area contributed by atoms with Crippen molar-refractivity contribution in [3.8, 4) is 11.3 Å². The van der Waals surface area contributed by atoms with Gasteiger partial charge in [-0.2, -0.15) is 11.3 Å². The minimum atomic E-state index is -0.897. The molecule has 0 spiro atoms. The van der Waals surface area contributed by atoms with Gasteiger partial charge in [0.15, 0.2) is 10.8 Å². The molecule has 2 atom stereocenters. The summed E-state index contributed by atoms with van der Waals surface area (Å²) in [6, 6.07) is 19.6. The van der Waals surface area contributed by atoms with Crippen molar-refractivity contribution in [3.05, 3.63) is 106 Å². The van der Waals surface area contributed by atoms with E-state index >= 15 is 0 Å². The largest absolute Gasteiger partial charge is 0.386 e. The number of amides is 2. The second kappa shape index (κ2) is 11.1. The molecule has 2 amide bonds. The predicted octanol–water partition coefficient (Wildman–Crippen LogP) is 5.04. The van der Waals surface area contributed by atoms with Gasteiger partial charge < -0.3 is 21.5 Å². The molecule has 6 aromatic rings. The number of anilines is 1. The van der Waals surface area contributed by atoms with Crippen molar-refractivity contribution < 1.29 is 14.7 Å². The molecule has 206 valence electrons. The molecule has 11 heteroatoms. The van der Waals surface area contributed by atoms with Crippen LogP contribution in [0.5, 0.6) is 0 Å². The number of nitrogen functional groups attached to an aromatic ring is 1. The number of nitrogens with two attached hydrogens (primary N) is 1. The van der Waals surface area contributed by atoms with E-state index in [-0.39, 0.29) is 11.6 Å². The van der Waals surface area contributed by atoms with Crippen molar-refractivity contribution in [1.82, 2.24) is 25.0 Å². The Bertz CT molecular complexity index is 1860. The standard InChI is InChI=1S/C30H26N6O3S2/c1-17(26(37)19-6-3-2-4-7-19)33-29(39)25-24(20-11-13-40-16-20)35-27-21(8-5-12-36(25)27)28(38)32-15-18-9-10-22-23(14-18)41-30(31)34-22/h2-14,16-17,26,37H,15H2,1H3,(H2,31,34)(H,32,38)(H,33,39)/t17-,26-/m0/s1. The molecular weight excluding hydrogens is 557 g/mol. The molecule has 0 radical (unpaired) electrons. The molecule has 0 aliphatic rings. The van der Waals surface area contributed by atoms with Gasteiger partial charge in [0.2, 0.25) is 0 Å². The van der Waals surface area contributed by atoms with Gasteiger partial charge in [-0.05, 0) is 53.8 Å². The van der Waals surface area contributed by atoms with Crippen LogP contribution >= 0.6 is 22.7 Å². The summed E-state index contributed by atoms with van der Waals surface area (Å²) >= 11 is 2.88. The van der Waals surface area contributed by atoms with Gasteiger partial charge in [-0.3, -0.25) is 14.0 Å². The van der Waals surface area contributed by atoms with Crippen LogP contribution in [0.3, 0.4) is 0 Å². The second-order valence-electron chi connectivity index (χ2n) is 9.59. The Morgan fingerprint density at radius 1 is 1.05 bits per heavy atom. The Labute approximate surface area is 243 Å². The van der Waals surface area contributed by atoms with Gasteiger partial charge in [-0.1, -0.05) is 47.7 Å². The molecule has 0 aliphatic heterocycles. The number of carbonyl (C=O) groups is 2. The number of aromatic nitrogens is 3. The van der Waals surface area contributed by atoms with E-state index in [2.05, 4.69) is 15.6 Å². The third-order valence-electron chi connectivity index (χ3n) is 6.80. The van der Waals surface area contributed by atoms with Crippen LogP contribution in [0.15, 0.2) is 83.7 Å². The number of hydrogen-bond acceptors (Lipinski definition) is 8. The van der Waals surface area contributed by atoms with Crippen LogP contribution in [0.25, 0.3) is 27.1 Å². The van der Waals surface area contributed by atoms with Gasteiger partial charge in [0.25, 0.3) is 11.8 Å². The maximum Gasteiger partial charge on any atom is 0.270 e. The highest BCUT2D eigenvalue weighted by Crippen LogP contribution is 2.29. The van der Waals surface area contributed by atoms with E-state index in [1.165, 1.54) is 22.7 Å². The van der Waals surface area contributed by atoms with Crippen LogP contribution in [0.4, 0.5) is 5.13 Å². The number of benzene rings is 2. The van der Waals surface area contributed by atoms with Gasteiger partial charge in [-0.25, -0.2) is 9.97 Å². The first kappa shape index (κ1) is 26.6. The highest BCUT2D eigenvalue weighted by Gasteiger charge is 2.27. The van der Waals surface area contributed by atoms with Crippen molar-refractivity contribution in [2.75, 3.05) is 5.73 Å². The first-order chi connectivity index (χ1) is 19.9. The highest BCUT2D eigenvalue weighted by atomic mass is 32.1. The van der Waals surface area contributed by atoms with Crippen LogP contribution in [-0.2, 0) is 6.54 Å². The minimum absolute atomic E-state index is 0.286. The third-order valence-corrected chi connectivity index (χ3v) is 8.33. The summed E-state index contributed by atoms with van der Waals surface area (Å²) < 4.78 is 2.58. The van der Waals surface area contributed by atoms with Gasteiger partial charge in [0.1, 0.15) is 11.4 Å². The molecule has 0 saturated carbocycles. The Kier molecular flexibility index (Phi) is 7.23. The number of rotatable bonds is 8. The van der Waals surface area contributed by atoms with E-state index in [4.69, 9.17) is 10.7 Å². The number of nitrogens with one attached hydrogen (secondary N) is 2. The van der Waals surface area contributed by atoms with Crippen LogP contribution in [-0.4, -0.2) is 37.3 Å². The zero-order valence-corrected chi connectivity index (χ0v) is 23.6. The molecule has 9 nitrogen and oxygen atoms in total. The summed E-state index contributed by atoms with van der Waals surface area (Å²) in [6.45, 7) is 2.05. The molecule has 0 unspecified atom stereocenters. The van der Waals surface area contributed by atoms with Gasteiger partial charge in [0, 0.05) is 23.7 Å². The van der Waals surface area contributed by atoms with Crippen molar-refractivity contribution in [2.24, 2.45) is 0 Å². The first-order valence-corrected chi connectivity index (χ1v) is 14.7. The number of imidazole rings is 1. The number of thiophene rings is 1. The number of fused-ring (bicyclic) bond motifs is 2. The zero-order chi connectivity index (χ0) is 28.5. The number of carbonyl (C=O) groups excluding carboxylic acids is 2. The Balaban J connectivity index is 1.30. The number of aliphatic hydroxyl groups excluding tert-OH is 1. The van der Waals surface area contributed by atoms with Crippen LogP contribution in [0.2, 0.25) is 0 Å². The van der Waals surface area contributed by atoms with Crippen molar-refractivity contribution in [3.63, 3.8) is 0 Å². The lowest BCUT2D eigenvalue weighted by Crippen LogP contribution is -2.37. The van der Waals surface area contributed by atoms with Gasteiger partial charge in [-0.15, -0.1) is 0 Å². The normalized spacial score (nSPS) is 12.8. The average molecular weight is 583 g/mol. The number of hydrogen-bond donors (Lipinski definition) is 4. The molecule has 5 N–H and O–H groups in total. The van der Waals surface area contributed by atoms with E-state index in [9.17, 15) is 14.7 Å². The average Bonchev–Trinajstić information content (AvgIpc) is 3.73. The smallest absolute Gasteiger partial charge is 0.270 e. The SMILES string of the molecule is C[C@H](NC(=O)c1c(-c2ccsc2)nc2c(C(=O)NCc3ccc4nc(N)sc4c3)cccn12)[C@H](O)c1ccccc1. The highest BCUT2D eigenvalue weighted by molar-refractivity contribution is 7.22. The number of aliphatic hydroxyl groups is 1. The summed E-state index contributed by atoms with van der Waals surface area (Å²) in [5, 5.41) is 21.0. The van der Waals surface area contributed by atoms with E-state index in [1.54, 1.807) is 29.7 Å². The predicted molar refractivity (Wildman–Crippen MR) is 162 cm³/mol. The van der Waals surface area contributed by atoms with Crippen molar-refractivity contribution >= 4 is 55.5 Å². The van der Waals surface area contributed by atoms with Crippen molar-refractivity contribution in [1.29, 1.82) is 0 Å². The molecule has 0 saturated heterocycles. The van der Waals surface area contributed by atoms with E-state index < -0.39 is 18.1 Å². The number of pyridine rings is 1. The molecule has 6 rings (SSSR count). The van der Waals surface area contributed by atoms with Crippen LogP contribution in [0, 0.1) is 0 Å². The second-order valence-corrected chi connectivity index (χ2v) is 11.4. The molecule has 0 aliphatic carbocycles. The minimum Gasteiger partial charge on any atom is -0.386 e. The van der Waals surface area contributed by atoms with E-state index in [1.807, 2.05) is 65.4 Å². The summed E-state index contributed by atoms with van der Waals surface area (Å²) in [7, 11) is 0. The van der Waals surface area contributed by atoms with E-state index in [0.29, 0.717) is 34.1 Å². The fourth-order valence-electron chi connectivity index (χ4n) is 4.73. The molecule has 41 heavy (non-hydrogen) atoms. The third kappa shape index (κ3) is 5.30. The number of nitrogens with zero attached hydrogens (tertiary/aromatic N) is 3. The summed E-state index contributed by atoms with van der Waals surface area (Å²) in [5.74, 6) is -0.725. The quantitative estimate of drug-likeness (QED) is 0.199. The lowest BCUT2D eigenvalue weighted by Gasteiger charge is -2.20. The Hall–Kier alpha value is -4.58. The fourth-order valence-corrected chi connectivity index (χ4v) is 6.17. The summed E-state index contributed by atoms with van der Waals surface area (Å²) in [5.41, 5.74) is 10.5. The topological polar surface area (TPSA) is 135 Å². The Morgan fingerprint density at radius 3 is 2.66 bits per heavy atom. The molecule has 4 aromatic heterocycles. The molecule has 2 aromatic carbocycles. The van der Waals surface area contributed by atoms with Gasteiger partial charge in [0.05, 0.1) is 27.9 Å². The maximum atomic E-state index is 13.7. The molecule has 0 fully saturated rings. The van der Waals surface area contributed by atoms with Gasteiger partial charge >= 0.3 is 0 Å². The lowest BCUT2D eigenvalue weighted by molar-refractivity contribution is 0.0846. The molecular formula is C30H26N6O3S2. The van der Waals surface area contributed by atoms with Crippen LogP contribution < -0.4 is 16.4 Å². The van der Waals surface area contributed by atoms with Crippen molar-refractivity contribution in [2.45, 2.75) is 25.6 Å².